The van der Waals surface area contributed by atoms with Crippen LogP contribution in [0.4, 0.5) is 5.69 Å². The van der Waals surface area contributed by atoms with Crippen molar-refractivity contribution >= 4 is 5.69 Å². The summed E-state index contributed by atoms with van der Waals surface area (Å²) in [4.78, 5) is 4.24. The fourth-order valence-electron chi connectivity index (χ4n) is 1.33. The van der Waals surface area contributed by atoms with Gasteiger partial charge in [-0.2, -0.15) is 0 Å². The van der Waals surface area contributed by atoms with Gasteiger partial charge in [-0.05, 0) is 12.8 Å². The van der Waals surface area contributed by atoms with Gasteiger partial charge < -0.3 is 10.5 Å². The standard InChI is InChI=1S/C9H12N2O/c1-12-7-4-5-11-9(8(7)10)6-2-3-6/h4-6H,2-3,10H2,1H3. The van der Waals surface area contributed by atoms with Crippen molar-refractivity contribution in [1.29, 1.82) is 0 Å². The molecular formula is C9H12N2O. The minimum absolute atomic E-state index is 0.583. The number of nitrogen functional groups attached to an aromatic ring is 1. The molecule has 3 heteroatoms. The Morgan fingerprint density at radius 2 is 2.33 bits per heavy atom. The summed E-state index contributed by atoms with van der Waals surface area (Å²) in [5.41, 5.74) is 7.57. The highest BCUT2D eigenvalue weighted by Crippen LogP contribution is 2.43. The molecule has 12 heavy (non-hydrogen) atoms. The van der Waals surface area contributed by atoms with Crippen LogP contribution in [0.15, 0.2) is 12.3 Å². The van der Waals surface area contributed by atoms with E-state index in [1.165, 1.54) is 12.8 Å². The number of nitrogens with zero attached hydrogens (tertiary/aromatic N) is 1. The topological polar surface area (TPSA) is 48.1 Å². The molecule has 0 spiro atoms. The summed E-state index contributed by atoms with van der Waals surface area (Å²) < 4.78 is 5.10. The lowest BCUT2D eigenvalue weighted by Gasteiger charge is -2.07. The maximum absolute atomic E-state index is 5.85. The minimum atomic E-state index is 0.583. The molecule has 2 N–H and O–H groups in total. The highest BCUT2D eigenvalue weighted by molar-refractivity contribution is 5.57. The van der Waals surface area contributed by atoms with Crippen LogP contribution in [-0.4, -0.2) is 12.1 Å². The maximum atomic E-state index is 5.85. The van der Waals surface area contributed by atoms with E-state index >= 15 is 0 Å². The first-order valence-corrected chi connectivity index (χ1v) is 4.11. The lowest BCUT2D eigenvalue weighted by molar-refractivity contribution is 0.416. The Bertz CT molecular complexity index is 295. The molecule has 0 aromatic carbocycles. The molecule has 1 aromatic heterocycles. The number of pyridine rings is 1. The van der Waals surface area contributed by atoms with Crippen molar-refractivity contribution < 1.29 is 4.74 Å². The molecular weight excluding hydrogens is 152 g/mol. The van der Waals surface area contributed by atoms with E-state index in [-0.39, 0.29) is 0 Å². The van der Waals surface area contributed by atoms with Crippen molar-refractivity contribution in [2.75, 3.05) is 12.8 Å². The largest absolute Gasteiger partial charge is 0.494 e. The number of nitrogens with two attached hydrogens (primary N) is 1. The molecule has 1 aliphatic carbocycles. The Morgan fingerprint density at radius 1 is 1.58 bits per heavy atom. The van der Waals surface area contributed by atoms with Crippen molar-refractivity contribution in [3.63, 3.8) is 0 Å². The number of ether oxygens (including phenoxy) is 1. The van der Waals surface area contributed by atoms with E-state index in [1.54, 1.807) is 19.4 Å². The molecule has 0 amide bonds. The molecule has 3 nitrogen and oxygen atoms in total. The highest BCUT2D eigenvalue weighted by Gasteiger charge is 2.27. The summed E-state index contributed by atoms with van der Waals surface area (Å²) in [5.74, 6) is 1.33. The molecule has 1 aliphatic rings. The number of methoxy groups -OCH3 is 1. The first-order chi connectivity index (χ1) is 5.83. The fourth-order valence-corrected chi connectivity index (χ4v) is 1.33. The number of aromatic nitrogens is 1. The first-order valence-electron chi connectivity index (χ1n) is 4.11. The number of hydrogen-bond acceptors (Lipinski definition) is 3. The Labute approximate surface area is 71.6 Å². The van der Waals surface area contributed by atoms with Crippen molar-refractivity contribution in [3.8, 4) is 5.75 Å². The molecule has 0 unspecified atom stereocenters. The van der Waals surface area contributed by atoms with Gasteiger partial charge >= 0.3 is 0 Å². The number of anilines is 1. The van der Waals surface area contributed by atoms with Crippen molar-refractivity contribution in [1.82, 2.24) is 4.98 Å². The van der Waals surface area contributed by atoms with Gasteiger partial charge in [-0.1, -0.05) is 0 Å². The molecule has 0 saturated heterocycles. The van der Waals surface area contributed by atoms with Gasteiger partial charge in [-0.15, -0.1) is 0 Å². The third-order valence-electron chi connectivity index (χ3n) is 2.16. The Kier molecular flexibility index (Phi) is 1.64. The second kappa shape index (κ2) is 2.66. The zero-order chi connectivity index (χ0) is 8.55. The third-order valence-corrected chi connectivity index (χ3v) is 2.16. The molecule has 1 aromatic rings. The molecule has 2 rings (SSSR count). The lowest BCUT2D eigenvalue weighted by atomic mass is 10.2. The summed E-state index contributed by atoms with van der Waals surface area (Å²) in [6, 6.07) is 1.79. The van der Waals surface area contributed by atoms with E-state index < -0.39 is 0 Å². The van der Waals surface area contributed by atoms with Crippen LogP contribution in [0, 0.1) is 0 Å². The molecule has 1 fully saturated rings. The monoisotopic (exact) mass is 164 g/mol. The third kappa shape index (κ3) is 1.11. The average Bonchev–Trinajstić information content (AvgIpc) is 2.88. The fraction of sp³-hybridized carbons (Fsp3) is 0.444. The minimum Gasteiger partial charge on any atom is -0.494 e. The van der Waals surface area contributed by atoms with Crippen LogP contribution in [0.1, 0.15) is 24.5 Å². The Balaban J connectivity index is 2.40. The Hall–Kier alpha value is -1.25. The van der Waals surface area contributed by atoms with Gasteiger partial charge in [0.05, 0.1) is 18.5 Å². The highest BCUT2D eigenvalue weighted by atomic mass is 16.5. The van der Waals surface area contributed by atoms with Gasteiger partial charge in [0.25, 0.3) is 0 Å². The van der Waals surface area contributed by atoms with Crippen LogP contribution < -0.4 is 10.5 Å². The second-order valence-corrected chi connectivity index (χ2v) is 3.09. The summed E-state index contributed by atoms with van der Waals surface area (Å²) in [6.07, 6.45) is 4.18. The SMILES string of the molecule is COc1ccnc(C2CC2)c1N. The van der Waals surface area contributed by atoms with Crippen LogP contribution in [0.3, 0.4) is 0 Å². The van der Waals surface area contributed by atoms with Crippen LogP contribution >= 0.6 is 0 Å². The molecule has 1 saturated carbocycles. The predicted octanol–water partition coefficient (Wildman–Crippen LogP) is 1.55. The zero-order valence-corrected chi connectivity index (χ0v) is 7.08. The van der Waals surface area contributed by atoms with Gasteiger partial charge in [0.1, 0.15) is 5.75 Å². The van der Waals surface area contributed by atoms with Gasteiger partial charge in [0, 0.05) is 18.2 Å². The van der Waals surface area contributed by atoms with Crippen LogP contribution in [0.5, 0.6) is 5.75 Å². The average molecular weight is 164 g/mol. The molecule has 0 atom stereocenters. The van der Waals surface area contributed by atoms with E-state index in [0.717, 1.165) is 11.4 Å². The number of rotatable bonds is 2. The van der Waals surface area contributed by atoms with Gasteiger partial charge in [-0.3, -0.25) is 4.98 Å². The second-order valence-electron chi connectivity index (χ2n) is 3.09. The van der Waals surface area contributed by atoms with Crippen molar-refractivity contribution in [3.05, 3.63) is 18.0 Å². The summed E-state index contributed by atoms with van der Waals surface area (Å²) in [5, 5.41) is 0. The van der Waals surface area contributed by atoms with Crippen LogP contribution in [0.2, 0.25) is 0 Å². The predicted molar refractivity (Wildman–Crippen MR) is 47.2 cm³/mol. The first kappa shape index (κ1) is 7.40. The lowest BCUT2D eigenvalue weighted by Crippen LogP contribution is -1.99. The van der Waals surface area contributed by atoms with Crippen LogP contribution in [0.25, 0.3) is 0 Å². The van der Waals surface area contributed by atoms with Gasteiger partial charge in [0.2, 0.25) is 0 Å². The van der Waals surface area contributed by atoms with Crippen molar-refractivity contribution in [2.45, 2.75) is 18.8 Å². The summed E-state index contributed by atoms with van der Waals surface area (Å²) >= 11 is 0. The normalized spacial score (nSPS) is 16.1. The maximum Gasteiger partial charge on any atom is 0.145 e. The van der Waals surface area contributed by atoms with Gasteiger partial charge in [0.15, 0.2) is 0 Å². The molecule has 0 radical (unpaired) electrons. The van der Waals surface area contributed by atoms with E-state index in [2.05, 4.69) is 4.98 Å². The van der Waals surface area contributed by atoms with E-state index in [4.69, 9.17) is 10.5 Å². The van der Waals surface area contributed by atoms with Crippen molar-refractivity contribution in [2.24, 2.45) is 0 Å². The van der Waals surface area contributed by atoms with E-state index in [9.17, 15) is 0 Å². The molecule has 64 valence electrons. The van der Waals surface area contributed by atoms with E-state index in [1.807, 2.05) is 0 Å². The number of hydrogen-bond donors (Lipinski definition) is 1. The smallest absolute Gasteiger partial charge is 0.145 e. The van der Waals surface area contributed by atoms with Crippen LogP contribution in [-0.2, 0) is 0 Å². The quantitative estimate of drug-likeness (QED) is 0.721. The summed E-state index contributed by atoms with van der Waals surface area (Å²) in [7, 11) is 1.63. The van der Waals surface area contributed by atoms with E-state index in [0.29, 0.717) is 11.6 Å². The molecule has 1 heterocycles. The summed E-state index contributed by atoms with van der Waals surface area (Å²) in [6.45, 7) is 0. The van der Waals surface area contributed by atoms with Gasteiger partial charge in [-0.25, -0.2) is 0 Å². The molecule has 0 bridgehead atoms. The molecule has 0 aliphatic heterocycles. The zero-order valence-electron chi connectivity index (χ0n) is 7.08. The Morgan fingerprint density at radius 3 is 2.92 bits per heavy atom.